The Balaban J connectivity index is 1.59. The fourth-order valence-corrected chi connectivity index (χ4v) is 2.96. The minimum Gasteiger partial charge on any atom is -0.494 e. The zero-order chi connectivity index (χ0) is 17.7. The zero-order valence-corrected chi connectivity index (χ0v) is 14.4. The topological polar surface area (TPSA) is 70.6 Å². The minimum atomic E-state index is -1.02. The van der Waals surface area contributed by atoms with Gasteiger partial charge in [-0.05, 0) is 55.5 Å². The van der Waals surface area contributed by atoms with Crippen molar-refractivity contribution in [2.75, 3.05) is 18.5 Å². The lowest BCUT2D eigenvalue weighted by Gasteiger charge is -2.29. The number of urea groups is 1. The van der Waals surface area contributed by atoms with E-state index in [0.29, 0.717) is 12.3 Å². The quantitative estimate of drug-likeness (QED) is 0.722. The van der Waals surface area contributed by atoms with Crippen LogP contribution in [0.4, 0.5) is 10.5 Å². The van der Waals surface area contributed by atoms with Crippen molar-refractivity contribution in [1.82, 2.24) is 5.32 Å². The smallest absolute Gasteiger partial charge is 0.319 e. The number of aliphatic hydroxyl groups is 1. The Bertz CT molecular complexity index is 699. The molecular formula is C20H24N2O3. The monoisotopic (exact) mass is 340 g/mol. The van der Waals surface area contributed by atoms with Crippen LogP contribution in [0.5, 0.6) is 5.75 Å². The fourth-order valence-electron chi connectivity index (χ4n) is 2.96. The number of carbonyl (C=O) groups excluding carboxylic acids is 1. The molecule has 3 N–H and O–H groups in total. The Kier molecular flexibility index (Phi) is 5.24. The van der Waals surface area contributed by atoms with Gasteiger partial charge in [0.25, 0.3) is 0 Å². The summed E-state index contributed by atoms with van der Waals surface area (Å²) in [5.74, 6) is 0.960. The maximum atomic E-state index is 12.2. The van der Waals surface area contributed by atoms with E-state index in [9.17, 15) is 9.90 Å². The van der Waals surface area contributed by atoms with Gasteiger partial charge >= 0.3 is 6.03 Å². The molecule has 5 nitrogen and oxygen atoms in total. The van der Waals surface area contributed by atoms with E-state index in [1.165, 1.54) is 0 Å². The normalized spacial score (nSPS) is 15.9. The Morgan fingerprint density at radius 1 is 1.16 bits per heavy atom. The van der Waals surface area contributed by atoms with E-state index in [0.717, 1.165) is 24.2 Å². The van der Waals surface area contributed by atoms with Crippen LogP contribution in [0.3, 0.4) is 0 Å². The van der Waals surface area contributed by atoms with E-state index < -0.39 is 5.60 Å². The van der Waals surface area contributed by atoms with Crippen LogP contribution < -0.4 is 15.4 Å². The van der Waals surface area contributed by atoms with Crippen LogP contribution in [-0.4, -0.2) is 24.3 Å². The van der Waals surface area contributed by atoms with Crippen molar-refractivity contribution in [3.63, 3.8) is 0 Å². The molecular weight excluding hydrogens is 316 g/mol. The summed E-state index contributed by atoms with van der Waals surface area (Å²) in [6, 6.07) is 16.4. The maximum Gasteiger partial charge on any atom is 0.319 e. The molecule has 1 aliphatic carbocycles. The number of hydrogen-bond acceptors (Lipinski definition) is 3. The number of rotatable bonds is 7. The van der Waals surface area contributed by atoms with Crippen molar-refractivity contribution < 1.29 is 14.6 Å². The first-order valence-corrected chi connectivity index (χ1v) is 8.67. The number of benzene rings is 2. The molecule has 1 atom stereocenters. The van der Waals surface area contributed by atoms with Crippen LogP contribution in [0.2, 0.25) is 0 Å². The number of carbonyl (C=O) groups is 1. The molecule has 2 aromatic carbocycles. The summed E-state index contributed by atoms with van der Waals surface area (Å²) in [6.45, 7) is 2.71. The molecule has 2 amide bonds. The Hall–Kier alpha value is -2.53. The first kappa shape index (κ1) is 17.3. The second-order valence-corrected chi connectivity index (χ2v) is 6.33. The second-order valence-electron chi connectivity index (χ2n) is 6.33. The molecule has 2 aromatic rings. The molecule has 25 heavy (non-hydrogen) atoms. The maximum absolute atomic E-state index is 12.2. The van der Waals surface area contributed by atoms with Crippen LogP contribution in [0.15, 0.2) is 54.6 Å². The molecule has 3 rings (SSSR count). The lowest BCUT2D eigenvalue weighted by atomic mass is 9.89. The van der Waals surface area contributed by atoms with Crippen LogP contribution in [0.25, 0.3) is 0 Å². The molecule has 132 valence electrons. The predicted molar refractivity (Wildman–Crippen MR) is 97.7 cm³/mol. The third kappa shape index (κ3) is 4.31. The Morgan fingerprint density at radius 3 is 2.44 bits per heavy atom. The lowest BCUT2D eigenvalue weighted by Crippen LogP contribution is -2.43. The first-order chi connectivity index (χ1) is 12.1. The average Bonchev–Trinajstić information content (AvgIpc) is 3.48. The van der Waals surface area contributed by atoms with Crippen molar-refractivity contribution in [2.45, 2.75) is 25.4 Å². The fraction of sp³-hybridized carbons (Fsp3) is 0.350. The van der Waals surface area contributed by atoms with Gasteiger partial charge in [0.1, 0.15) is 11.4 Å². The molecule has 1 fully saturated rings. The van der Waals surface area contributed by atoms with E-state index in [1.807, 2.05) is 49.4 Å². The summed E-state index contributed by atoms with van der Waals surface area (Å²) in [6.07, 6.45) is 1.96. The summed E-state index contributed by atoms with van der Waals surface area (Å²) in [7, 11) is 0. The lowest BCUT2D eigenvalue weighted by molar-refractivity contribution is 0.0164. The van der Waals surface area contributed by atoms with Gasteiger partial charge in [0.05, 0.1) is 13.2 Å². The molecule has 0 bridgehead atoms. The number of ether oxygens (including phenoxy) is 1. The van der Waals surface area contributed by atoms with Gasteiger partial charge in [0.2, 0.25) is 0 Å². The van der Waals surface area contributed by atoms with Crippen molar-refractivity contribution >= 4 is 11.7 Å². The van der Waals surface area contributed by atoms with E-state index >= 15 is 0 Å². The van der Waals surface area contributed by atoms with Gasteiger partial charge in [0, 0.05) is 5.69 Å². The number of anilines is 1. The van der Waals surface area contributed by atoms with Crippen LogP contribution in [-0.2, 0) is 5.60 Å². The molecule has 1 saturated carbocycles. The summed E-state index contributed by atoms with van der Waals surface area (Å²) in [5, 5.41) is 16.7. The zero-order valence-electron chi connectivity index (χ0n) is 14.4. The predicted octanol–water partition coefficient (Wildman–Crippen LogP) is 3.50. The van der Waals surface area contributed by atoms with E-state index in [-0.39, 0.29) is 18.5 Å². The van der Waals surface area contributed by atoms with Crippen molar-refractivity contribution in [3.05, 3.63) is 60.2 Å². The molecule has 0 heterocycles. The largest absolute Gasteiger partial charge is 0.494 e. The molecule has 5 heteroatoms. The second kappa shape index (κ2) is 7.57. The third-order valence-corrected chi connectivity index (χ3v) is 4.47. The molecule has 0 aromatic heterocycles. The van der Waals surface area contributed by atoms with Crippen molar-refractivity contribution in [3.8, 4) is 5.75 Å². The molecule has 0 radical (unpaired) electrons. The van der Waals surface area contributed by atoms with Crippen molar-refractivity contribution in [1.29, 1.82) is 0 Å². The highest BCUT2D eigenvalue weighted by Crippen LogP contribution is 2.45. The summed E-state index contributed by atoms with van der Waals surface area (Å²) >= 11 is 0. The highest BCUT2D eigenvalue weighted by Gasteiger charge is 2.45. The Morgan fingerprint density at radius 2 is 1.84 bits per heavy atom. The van der Waals surface area contributed by atoms with Crippen LogP contribution in [0, 0.1) is 5.92 Å². The van der Waals surface area contributed by atoms with Crippen LogP contribution in [0.1, 0.15) is 25.3 Å². The molecule has 0 saturated heterocycles. The highest BCUT2D eigenvalue weighted by atomic mass is 16.5. The molecule has 1 aliphatic rings. The SMILES string of the molecule is CCOc1ccc(NC(=O)NCC(O)(c2ccccc2)C2CC2)cc1. The number of nitrogens with one attached hydrogen (secondary N) is 2. The summed E-state index contributed by atoms with van der Waals surface area (Å²) in [4.78, 5) is 12.2. The van der Waals surface area contributed by atoms with Gasteiger partial charge in [-0.15, -0.1) is 0 Å². The van der Waals surface area contributed by atoms with Gasteiger partial charge in [-0.25, -0.2) is 4.79 Å². The summed E-state index contributed by atoms with van der Waals surface area (Å²) < 4.78 is 5.38. The molecule has 1 unspecified atom stereocenters. The van der Waals surface area contributed by atoms with E-state index in [4.69, 9.17) is 4.74 Å². The number of amides is 2. The van der Waals surface area contributed by atoms with E-state index in [1.54, 1.807) is 12.1 Å². The summed E-state index contributed by atoms with van der Waals surface area (Å²) in [5.41, 5.74) is 0.506. The van der Waals surface area contributed by atoms with Gasteiger partial charge in [-0.2, -0.15) is 0 Å². The molecule has 0 spiro atoms. The van der Waals surface area contributed by atoms with Gasteiger partial charge in [0.15, 0.2) is 0 Å². The van der Waals surface area contributed by atoms with Gasteiger partial charge in [-0.3, -0.25) is 0 Å². The standard InChI is InChI=1S/C20H24N2O3/c1-2-25-18-12-10-17(11-13-18)22-19(23)21-14-20(24,16-8-9-16)15-6-4-3-5-7-15/h3-7,10-13,16,24H,2,8-9,14H2,1H3,(H2,21,22,23). The average molecular weight is 340 g/mol. The molecule has 0 aliphatic heterocycles. The first-order valence-electron chi connectivity index (χ1n) is 8.67. The van der Waals surface area contributed by atoms with Gasteiger partial charge < -0.3 is 20.5 Å². The third-order valence-electron chi connectivity index (χ3n) is 4.47. The highest BCUT2D eigenvalue weighted by molar-refractivity contribution is 5.89. The minimum absolute atomic E-state index is 0.185. The van der Waals surface area contributed by atoms with Crippen LogP contribution >= 0.6 is 0 Å². The Labute approximate surface area is 148 Å². The van der Waals surface area contributed by atoms with Gasteiger partial charge in [-0.1, -0.05) is 30.3 Å². The van der Waals surface area contributed by atoms with E-state index in [2.05, 4.69) is 10.6 Å². The number of hydrogen-bond donors (Lipinski definition) is 3. The van der Waals surface area contributed by atoms with Crippen molar-refractivity contribution in [2.24, 2.45) is 5.92 Å².